The summed E-state index contributed by atoms with van der Waals surface area (Å²) < 4.78 is 2.91. The molecular weight excluding hydrogens is 484 g/mol. The Morgan fingerprint density at radius 1 is 0.969 bits per heavy atom. The van der Waals surface area contributed by atoms with E-state index in [-0.39, 0.29) is 11.7 Å². The molecule has 32 heavy (non-hydrogen) atoms. The number of hydrogen-bond donors (Lipinski definition) is 1. The second-order valence-corrected chi connectivity index (χ2v) is 9.35. The van der Waals surface area contributed by atoms with E-state index in [0.29, 0.717) is 11.6 Å². The van der Waals surface area contributed by atoms with Crippen molar-refractivity contribution < 1.29 is 4.79 Å². The van der Waals surface area contributed by atoms with E-state index in [1.807, 2.05) is 60.0 Å². The number of amides is 1. The van der Waals surface area contributed by atoms with Crippen LogP contribution in [-0.2, 0) is 11.2 Å². The monoisotopic (exact) mass is 506 g/mol. The zero-order valence-corrected chi connectivity index (χ0v) is 20.3. The Kier molecular flexibility index (Phi) is 7.07. The van der Waals surface area contributed by atoms with Crippen LogP contribution in [-0.4, -0.2) is 26.4 Å². The molecule has 162 valence electrons. The number of rotatable bonds is 7. The summed E-state index contributed by atoms with van der Waals surface area (Å²) in [7, 11) is 0. The van der Waals surface area contributed by atoms with Gasteiger partial charge in [-0.15, -0.1) is 10.2 Å². The van der Waals surface area contributed by atoms with Crippen LogP contribution in [0, 0.1) is 13.8 Å². The molecule has 1 amide bonds. The fourth-order valence-corrected chi connectivity index (χ4v) is 4.71. The largest absolute Gasteiger partial charge is 0.324 e. The molecular formula is C25H23BrN4OS. The Morgan fingerprint density at radius 3 is 2.50 bits per heavy atom. The summed E-state index contributed by atoms with van der Waals surface area (Å²) in [5.74, 6) is 0.976. The van der Waals surface area contributed by atoms with E-state index < -0.39 is 0 Å². The van der Waals surface area contributed by atoms with Crippen molar-refractivity contribution in [3.63, 3.8) is 0 Å². The van der Waals surface area contributed by atoms with Crippen LogP contribution in [0.5, 0.6) is 0 Å². The van der Waals surface area contributed by atoms with E-state index in [4.69, 9.17) is 0 Å². The van der Waals surface area contributed by atoms with Crippen LogP contribution in [0.15, 0.2) is 82.4 Å². The Balaban J connectivity index is 1.55. The fraction of sp³-hybridized carbons (Fsp3) is 0.160. The van der Waals surface area contributed by atoms with Gasteiger partial charge in [-0.05, 0) is 70.7 Å². The predicted octanol–water partition coefficient (Wildman–Crippen LogP) is 5.97. The first-order chi connectivity index (χ1) is 15.5. The molecule has 1 N–H and O–H groups in total. The molecule has 0 aliphatic carbocycles. The topological polar surface area (TPSA) is 59.8 Å². The van der Waals surface area contributed by atoms with E-state index in [0.717, 1.165) is 38.4 Å². The molecule has 7 heteroatoms. The van der Waals surface area contributed by atoms with Crippen molar-refractivity contribution >= 4 is 39.3 Å². The highest BCUT2D eigenvalue weighted by Gasteiger charge is 2.17. The van der Waals surface area contributed by atoms with Gasteiger partial charge in [0.25, 0.3) is 0 Å². The summed E-state index contributed by atoms with van der Waals surface area (Å²) in [6.45, 7) is 4.07. The zero-order valence-electron chi connectivity index (χ0n) is 17.9. The lowest BCUT2D eigenvalue weighted by Gasteiger charge is -2.12. The van der Waals surface area contributed by atoms with Crippen molar-refractivity contribution in [2.45, 2.75) is 25.4 Å². The van der Waals surface area contributed by atoms with E-state index >= 15 is 0 Å². The molecule has 1 heterocycles. The van der Waals surface area contributed by atoms with E-state index in [2.05, 4.69) is 62.6 Å². The molecule has 0 aliphatic rings. The Morgan fingerprint density at radius 2 is 1.75 bits per heavy atom. The standard InChI is InChI=1S/C25H23BrN4OS/c1-17-7-6-10-20(13-17)30-23(15-19-8-4-3-5-9-19)28-29-25(30)32-16-24(31)27-22-12-11-18(2)14-21(22)26/h3-14H,15-16H2,1-2H3,(H,27,31). The molecule has 4 rings (SSSR count). The maximum Gasteiger partial charge on any atom is 0.234 e. The third-order valence-corrected chi connectivity index (χ3v) is 6.48. The lowest BCUT2D eigenvalue weighted by Crippen LogP contribution is -2.15. The summed E-state index contributed by atoms with van der Waals surface area (Å²) in [6.07, 6.45) is 0.658. The lowest BCUT2D eigenvalue weighted by atomic mass is 10.1. The van der Waals surface area contributed by atoms with Crippen molar-refractivity contribution in [2.24, 2.45) is 0 Å². The molecule has 4 aromatic rings. The normalized spacial score (nSPS) is 10.8. The molecule has 0 radical (unpaired) electrons. The van der Waals surface area contributed by atoms with Crippen molar-refractivity contribution in [3.05, 3.63) is 99.8 Å². The van der Waals surface area contributed by atoms with E-state index in [1.54, 1.807) is 0 Å². The third-order valence-electron chi connectivity index (χ3n) is 4.90. The minimum Gasteiger partial charge on any atom is -0.324 e. The highest BCUT2D eigenvalue weighted by molar-refractivity contribution is 9.10. The Hall–Kier alpha value is -2.90. The average molecular weight is 507 g/mol. The first kappa shape index (κ1) is 22.3. The molecule has 3 aromatic carbocycles. The molecule has 5 nitrogen and oxygen atoms in total. The zero-order chi connectivity index (χ0) is 22.5. The number of aromatic nitrogens is 3. The SMILES string of the molecule is Cc1cccc(-n2c(Cc3ccccc3)nnc2SCC(=O)Nc2ccc(C)cc2Br)c1. The highest BCUT2D eigenvalue weighted by atomic mass is 79.9. The number of nitrogens with one attached hydrogen (secondary N) is 1. The fourth-order valence-electron chi connectivity index (χ4n) is 3.35. The number of halogens is 1. The highest BCUT2D eigenvalue weighted by Crippen LogP contribution is 2.26. The smallest absolute Gasteiger partial charge is 0.234 e. The predicted molar refractivity (Wildman–Crippen MR) is 134 cm³/mol. The minimum atomic E-state index is -0.0945. The number of benzene rings is 3. The van der Waals surface area contributed by atoms with Crippen LogP contribution in [0.3, 0.4) is 0 Å². The number of anilines is 1. The molecule has 0 aliphatic heterocycles. The van der Waals surface area contributed by atoms with Gasteiger partial charge in [0.1, 0.15) is 5.82 Å². The second-order valence-electron chi connectivity index (χ2n) is 7.56. The van der Waals surface area contributed by atoms with Gasteiger partial charge in [-0.2, -0.15) is 0 Å². The van der Waals surface area contributed by atoms with Crippen LogP contribution in [0.2, 0.25) is 0 Å². The summed E-state index contributed by atoms with van der Waals surface area (Å²) in [5.41, 5.74) is 5.18. The summed E-state index contributed by atoms with van der Waals surface area (Å²) in [5, 5.41) is 12.5. The molecule has 1 aromatic heterocycles. The van der Waals surface area contributed by atoms with Crippen LogP contribution >= 0.6 is 27.7 Å². The minimum absolute atomic E-state index is 0.0945. The quantitative estimate of drug-likeness (QED) is 0.313. The first-order valence-corrected chi connectivity index (χ1v) is 12.0. The van der Waals surface area contributed by atoms with Gasteiger partial charge < -0.3 is 5.32 Å². The van der Waals surface area contributed by atoms with Crippen LogP contribution in [0.25, 0.3) is 5.69 Å². The molecule has 0 fully saturated rings. The molecule has 0 spiro atoms. The van der Waals surface area contributed by atoms with Gasteiger partial charge in [0.15, 0.2) is 5.16 Å². The van der Waals surface area contributed by atoms with Gasteiger partial charge in [0.2, 0.25) is 5.91 Å². The van der Waals surface area contributed by atoms with Crippen molar-refractivity contribution in [3.8, 4) is 5.69 Å². The summed E-state index contributed by atoms with van der Waals surface area (Å²) in [4.78, 5) is 12.6. The van der Waals surface area contributed by atoms with Gasteiger partial charge in [0.05, 0.1) is 11.4 Å². The number of hydrogen-bond acceptors (Lipinski definition) is 4. The van der Waals surface area contributed by atoms with Gasteiger partial charge in [-0.3, -0.25) is 9.36 Å². The number of aryl methyl sites for hydroxylation is 2. The molecule has 0 saturated carbocycles. The van der Waals surface area contributed by atoms with Crippen molar-refractivity contribution in [1.82, 2.24) is 14.8 Å². The number of carbonyl (C=O) groups excluding carboxylic acids is 1. The van der Waals surface area contributed by atoms with Crippen LogP contribution in [0.4, 0.5) is 5.69 Å². The first-order valence-electron chi connectivity index (χ1n) is 10.2. The summed E-state index contributed by atoms with van der Waals surface area (Å²) >= 11 is 4.88. The second kappa shape index (κ2) is 10.1. The number of nitrogens with zero attached hydrogens (tertiary/aromatic N) is 3. The van der Waals surface area contributed by atoms with Crippen LogP contribution < -0.4 is 5.32 Å². The van der Waals surface area contributed by atoms with Gasteiger partial charge >= 0.3 is 0 Å². The summed E-state index contributed by atoms with van der Waals surface area (Å²) in [6, 6.07) is 24.3. The maximum atomic E-state index is 12.6. The van der Waals surface area contributed by atoms with E-state index in [1.165, 1.54) is 11.8 Å². The number of carbonyl (C=O) groups is 1. The van der Waals surface area contributed by atoms with Crippen molar-refractivity contribution in [1.29, 1.82) is 0 Å². The van der Waals surface area contributed by atoms with Gasteiger partial charge in [-0.25, -0.2) is 0 Å². The van der Waals surface area contributed by atoms with Gasteiger partial charge in [0, 0.05) is 16.6 Å². The Bertz CT molecular complexity index is 1240. The lowest BCUT2D eigenvalue weighted by molar-refractivity contribution is -0.113. The number of thioether (sulfide) groups is 1. The third kappa shape index (κ3) is 5.47. The molecule has 0 unspecified atom stereocenters. The molecule has 0 atom stereocenters. The van der Waals surface area contributed by atoms with Crippen molar-refractivity contribution in [2.75, 3.05) is 11.1 Å². The van der Waals surface area contributed by atoms with Gasteiger partial charge in [-0.1, -0.05) is 60.3 Å². The Labute approximate surface area is 200 Å². The van der Waals surface area contributed by atoms with Crippen LogP contribution in [0.1, 0.15) is 22.5 Å². The average Bonchev–Trinajstić information content (AvgIpc) is 3.17. The molecule has 0 bridgehead atoms. The maximum absolute atomic E-state index is 12.6. The van der Waals surface area contributed by atoms with E-state index in [9.17, 15) is 4.79 Å². The molecule has 0 saturated heterocycles.